The van der Waals surface area contributed by atoms with Gasteiger partial charge in [-0.2, -0.15) is 0 Å². The summed E-state index contributed by atoms with van der Waals surface area (Å²) in [5.41, 5.74) is -0.185. The van der Waals surface area contributed by atoms with Crippen LogP contribution in [0, 0.1) is 15.9 Å². The van der Waals surface area contributed by atoms with Crippen molar-refractivity contribution in [3.05, 3.63) is 68.7 Å². The van der Waals surface area contributed by atoms with Crippen LogP contribution >= 0.6 is 11.6 Å². The third-order valence-corrected chi connectivity index (χ3v) is 5.22. The third-order valence-electron chi connectivity index (χ3n) is 4.98. The first kappa shape index (κ1) is 20.0. The van der Waals surface area contributed by atoms with E-state index in [2.05, 4.69) is 15.5 Å². The lowest BCUT2D eigenvalue weighted by Gasteiger charge is -2.11. The van der Waals surface area contributed by atoms with Gasteiger partial charge in [-0.1, -0.05) is 18.0 Å². The lowest BCUT2D eigenvalue weighted by atomic mass is 10.1. The second-order valence-electron chi connectivity index (χ2n) is 6.97. The summed E-state index contributed by atoms with van der Waals surface area (Å²) in [6.45, 7) is 0.772. The SMILES string of the molecule is O=C(Nc1cc(-c2nnc3n2CCCCC3)ccc1F)c1ccc(Cl)cc1[N+](=O)[O-]. The van der Waals surface area contributed by atoms with Crippen LogP contribution in [0.3, 0.4) is 0 Å². The van der Waals surface area contributed by atoms with Crippen LogP contribution in [-0.4, -0.2) is 25.6 Å². The Morgan fingerprint density at radius 3 is 2.80 bits per heavy atom. The average Bonchev–Trinajstić information content (AvgIpc) is 2.97. The summed E-state index contributed by atoms with van der Waals surface area (Å²) in [6.07, 6.45) is 3.98. The molecule has 0 radical (unpaired) electrons. The molecule has 1 aliphatic heterocycles. The fourth-order valence-electron chi connectivity index (χ4n) is 3.50. The van der Waals surface area contributed by atoms with E-state index >= 15 is 0 Å². The first-order chi connectivity index (χ1) is 14.4. The van der Waals surface area contributed by atoms with Gasteiger partial charge in [-0.05, 0) is 43.2 Å². The smallest absolute Gasteiger partial charge is 0.283 e. The van der Waals surface area contributed by atoms with Crippen LogP contribution in [0.25, 0.3) is 11.4 Å². The van der Waals surface area contributed by atoms with Crippen LogP contribution < -0.4 is 5.32 Å². The minimum absolute atomic E-state index is 0.104. The van der Waals surface area contributed by atoms with Gasteiger partial charge in [0.1, 0.15) is 17.2 Å². The predicted molar refractivity (Wildman–Crippen MR) is 109 cm³/mol. The van der Waals surface area contributed by atoms with Gasteiger partial charge in [0.2, 0.25) is 0 Å². The van der Waals surface area contributed by atoms with Crippen LogP contribution in [0.1, 0.15) is 35.4 Å². The van der Waals surface area contributed by atoms with E-state index in [9.17, 15) is 19.3 Å². The molecular weight excluding hydrogens is 413 g/mol. The van der Waals surface area contributed by atoms with E-state index in [-0.39, 0.29) is 16.3 Å². The molecule has 0 saturated carbocycles. The summed E-state index contributed by atoms with van der Waals surface area (Å²) >= 11 is 5.79. The van der Waals surface area contributed by atoms with E-state index < -0.39 is 22.3 Å². The molecule has 0 bridgehead atoms. The number of aromatic nitrogens is 3. The summed E-state index contributed by atoms with van der Waals surface area (Å²) < 4.78 is 16.4. The normalized spacial score (nSPS) is 13.4. The second-order valence-corrected chi connectivity index (χ2v) is 7.41. The van der Waals surface area contributed by atoms with Crippen molar-refractivity contribution in [3.63, 3.8) is 0 Å². The van der Waals surface area contributed by atoms with Crippen molar-refractivity contribution in [1.82, 2.24) is 14.8 Å². The van der Waals surface area contributed by atoms with Crippen molar-refractivity contribution in [2.75, 3.05) is 5.32 Å². The Labute approximate surface area is 175 Å². The fourth-order valence-corrected chi connectivity index (χ4v) is 3.66. The number of hydrogen-bond acceptors (Lipinski definition) is 5. The molecule has 30 heavy (non-hydrogen) atoms. The number of benzene rings is 2. The lowest BCUT2D eigenvalue weighted by molar-refractivity contribution is -0.385. The molecule has 0 spiro atoms. The molecule has 2 heterocycles. The maximum absolute atomic E-state index is 14.4. The minimum Gasteiger partial charge on any atom is -0.319 e. The van der Waals surface area contributed by atoms with Crippen molar-refractivity contribution in [2.24, 2.45) is 0 Å². The van der Waals surface area contributed by atoms with Crippen LogP contribution in [0.15, 0.2) is 36.4 Å². The first-order valence-electron chi connectivity index (χ1n) is 9.41. The molecule has 3 aromatic rings. The molecule has 154 valence electrons. The zero-order chi connectivity index (χ0) is 21.3. The van der Waals surface area contributed by atoms with Crippen molar-refractivity contribution >= 4 is 28.9 Å². The van der Waals surface area contributed by atoms with Gasteiger partial charge in [0, 0.05) is 29.6 Å². The average molecular weight is 430 g/mol. The molecule has 0 aliphatic carbocycles. The van der Waals surface area contributed by atoms with Gasteiger partial charge < -0.3 is 9.88 Å². The Bertz CT molecular complexity index is 1150. The van der Waals surface area contributed by atoms with E-state index in [1.54, 1.807) is 6.07 Å². The number of nitro benzene ring substituents is 1. The van der Waals surface area contributed by atoms with Gasteiger partial charge in [-0.25, -0.2) is 4.39 Å². The minimum atomic E-state index is -0.811. The first-order valence-corrected chi connectivity index (χ1v) is 9.79. The highest BCUT2D eigenvalue weighted by atomic mass is 35.5. The van der Waals surface area contributed by atoms with E-state index in [1.807, 2.05) is 4.57 Å². The molecule has 0 saturated heterocycles. The molecule has 1 aromatic heterocycles. The van der Waals surface area contributed by atoms with Gasteiger partial charge in [0.05, 0.1) is 10.6 Å². The molecule has 4 rings (SSSR count). The number of carbonyl (C=O) groups excluding carboxylic acids is 1. The monoisotopic (exact) mass is 429 g/mol. The van der Waals surface area contributed by atoms with Crippen molar-refractivity contribution in [2.45, 2.75) is 32.2 Å². The number of anilines is 1. The zero-order valence-corrected chi connectivity index (χ0v) is 16.5. The van der Waals surface area contributed by atoms with Crippen molar-refractivity contribution < 1.29 is 14.1 Å². The number of nitrogens with zero attached hydrogens (tertiary/aromatic N) is 4. The molecule has 0 fully saturated rings. The Morgan fingerprint density at radius 2 is 2.00 bits per heavy atom. The summed E-state index contributed by atoms with van der Waals surface area (Å²) in [4.78, 5) is 23.2. The van der Waals surface area contributed by atoms with Crippen LogP contribution in [0.4, 0.5) is 15.8 Å². The maximum Gasteiger partial charge on any atom is 0.283 e. The van der Waals surface area contributed by atoms with E-state index in [4.69, 9.17) is 11.6 Å². The van der Waals surface area contributed by atoms with Gasteiger partial charge in [0.25, 0.3) is 11.6 Å². The molecular formula is C20H17ClFN5O3. The Morgan fingerprint density at radius 1 is 1.17 bits per heavy atom. The number of carbonyl (C=O) groups is 1. The van der Waals surface area contributed by atoms with Crippen molar-refractivity contribution in [1.29, 1.82) is 0 Å². The van der Waals surface area contributed by atoms with Crippen LogP contribution in [0.5, 0.6) is 0 Å². The van der Waals surface area contributed by atoms with Gasteiger partial charge >= 0.3 is 0 Å². The highest BCUT2D eigenvalue weighted by Gasteiger charge is 2.22. The molecule has 1 amide bonds. The summed E-state index contributed by atoms with van der Waals surface area (Å²) in [7, 11) is 0. The maximum atomic E-state index is 14.4. The fraction of sp³-hybridized carbons (Fsp3) is 0.250. The highest BCUT2D eigenvalue weighted by Crippen LogP contribution is 2.28. The lowest BCUT2D eigenvalue weighted by Crippen LogP contribution is -2.15. The Balaban J connectivity index is 1.66. The highest BCUT2D eigenvalue weighted by molar-refractivity contribution is 6.31. The summed E-state index contributed by atoms with van der Waals surface area (Å²) in [5, 5.41) is 22.3. The molecule has 1 N–H and O–H groups in total. The second kappa shape index (κ2) is 8.19. The van der Waals surface area contributed by atoms with Gasteiger partial charge in [0.15, 0.2) is 5.82 Å². The quantitative estimate of drug-likeness (QED) is 0.481. The van der Waals surface area contributed by atoms with E-state index in [0.717, 1.165) is 44.1 Å². The number of aryl methyl sites for hydroxylation is 1. The number of hydrogen-bond donors (Lipinski definition) is 1. The molecule has 0 unspecified atom stereocenters. The molecule has 1 aliphatic rings. The summed E-state index contributed by atoms with van der Waals surface area (Å²) in [6, 6.07) is 7.92. The standard InChI is InChI=1S/C20H17ClFN5O3/c21-13-6-7-14(17(11-13)27(29)30)20(28)23-16-10-12(5-8-15(16)22)19-25-24-18-4-2-1-3-9-26(18)19/h5-8,10-11H,1-4,9H2,(H,23,28). The number of rotatable bonds is 4. The zero-order valence-electron chi connectivity index (χ0n) is 15.8. The van der Waals surface area contributed by atoms with Crippen LogP contribution in [0.2, 0.25) is 5.02 Å². The topological polar surface area (TPSA) is 103 Å². The number of nitro groups is 1. The van der Waals surface area contributed by atoms with Gasteiger partial charge in [-0.15, -0.1) is 10.2 Å². The van der Waals surface area contributed by atoms with E-state index in [1.165, 1.54) is 24.3 Å². The molecule has 2 aromatic carbocycles. The number of nitrogens with one attached hydrogen (secondary N) is 1. The molecule has 0 atom stereocenters. The Kier molecular flexibility index (Phi) is 5.45. The van der Waals surface area contributed by atoms with Gasteiger partial charge in [-0.3, -0.25) is 14.9 Å². The number of fused-ring (bicyclic) bond motifs is 1. The largest absolute Gasteiger partial charge is 0.319 e. The Hall–Kier alpha value is -3.33. The number of amides is 1. The molecule has 8 nitrogen and oxygen atoms in total. The molecule has 10 heteroatoms. The predicted octanol–water partition coefficient (Wildman–Crippen LogP) is 4.62. The number of halogens is 2. The van der Waals surface area contributed by atoms with Crippen LogP contribution in [-0.2, 0) is 13.0 Å². The third kappa shape index (κ3) is 3.88. The summed E-state index contributed by atoms with van der Waals surface area (Å²) in [5.74, 6) is 0.00267. The van der Waals surface area contributed by atoms with Crippen molar-refractivity contribution in [3.8, 4) is 11.4 Å². The van der Waals surface area contributed by atoms with E-state index in [0.29, 0.717) is 11.4 Å².